The predicted octanol–water partition coefficient (Wildman–Crippen LogP) is 1.19. The van der Waals surface area contributed by atoms with E-state index in [1.165, 1.54) is 6.92 Å². The Hall–Kier alpha value is -2.18. The number of carbonyl (C=O) groups excluding carboxylic acids is 2. The number of hydrogen-bond acceptors (Lipinski definition) is 3. The second-order valence-electron chi connectivity index (χ2n) is 4.34. The molecular weight excluding hydrogens is 268 g/mol. The molecule has 0 fully saturated rings. The van der Waals surface area contributed by atoms with Gasteiger partial charge in [0, 0.05) is 6.54 Å². The van der Waals surface area contributed by atoms with E-state index in [0.717, 1.165) is 18.6 Å². The summed E-state index contributed by atoms with van der Waals surface area (Å²) < 4.78 is 26.8. The Morgan fingerprint density at radius 2 is 2.00 bits per heavy atom. The Balaban J connectivity index is 2.79. The van der Waals surface area contributed by atoms with Gasteiger partial charge >= 0.3 is 0 Å². The van der Waals surface area contributed by atoms with Crippen LogP contribution in [0.2, 0.25) is 0 Å². The summed E-state index contributed by atoms with van der Waals surface area (Å²) in [6.45, 7) is 3.80. The summed E-state index contributed by atoms with van der Waals surface area (Å²) in [5.74, 6) is -3.12. The average molecular weight is 285 g/mol. The highest BCUT2D eigenvalue weighted by Crippen LogP contribution is 2.17. The summed E-state index contributed by atoms with van der Waals surface area (Å²) in [5, 5.41) is 4.87. The van der Waals surface area contributed by atoms with E-state index in [1.54, 1.807) is 0 Å². The van der Waals surface area contributed by atoms with E-state index in [2.05, 4.69) is 10.6 Å². The van der Waals surface area contributed by atoms with Crippen LogP contribution < -0.4 is 16.4 Å². The second kappa shape index (κ2) is 6.83. The number of anilines is 1. The molecule has 0 saturated carbocycles. The van der Waals surface area contributed by atoms with Gasteiger partial charge in [-0.2, -0.15) is 0 Å². The highest BCUT2D eigenvalue weighted by molar-refractivity contribution is 5.98. The molecule has 0 aliphatic heterocycles. The van der Waals surface area contributed by atoms with Crippen LogP contribution in [0.4, 0.5) is 14.5 Å². The molecule has 4 N–H and O–H groups in total. The minimum Gasteiger partial charge on any atom is -0.396 e. The number of nitrogens with two attached hydrogens (primary N) is 1. The highest BCUT2D eigenvalue weighted by atomic mass is 19.1. The van der Waals surface area contributed by atoms with Crippen LogP contribution in [0.5, 0.6) is 0 Å². The van der Waals surface area contributed by atoms with Crippen molar-refractivity contribution in [1.29, 1.82) is 0 Å². The van der Waals surface area contributed by atoms with E-state index < -0.39 is 40.7 Å². The molecule has 0 aliphatic rings. The predicted molar refractivity (Wildman–Crippen MR) is 71.0 cm³/mol. The number of nitrogens with one attached hydrogen (secondary N) is 2. The largest absolute Gasteiger partial charge is 0.396 e. The number of rotatable bonds is 5. The van der Waals surface area contributed by atoms with Crippen molar-refractivity contribution < 1.29 is 18.4 Å². The summed E-state index contributed by atoms with van der Waals surface area (Å²) in [5.41, 5.74) is 4.25. The van der Waals surface area contributed by atoms with Gasteiger partial charge in [0.25, 0.3) is 5.91 Å². The summed E-state index contributed by atoms with van der Waals surface area (Å²) in [7, 11) is 0. The molecule has 0 saturated heterocycles. The normalized spacial score (nSPS) is 11.8. The van der Waals surface area contributed by atoms with Crippen LogP contribution in [0, 0.1) is 11.6 Å². The van der Waals surface area contributed by atoms with E-state index in [4.69, 9.17) is 5.73 Å². The van der Waals surface area contributed by atoms with Gasteiger partial charge in [0.2, 0.25) is 5.91 Å². The van der Waals surface area contributed by atoms with Crippen molar-refractivity contribution in [3.63, 3.8) is 0 Å². The third-order valence-electron chi connectivity index (χ3n) is 2.60. The van der Waals surface area contributed by atoms with Crippen LogP contribution in [-0.4, -0.2) is 24.4 Å². The first-order valence-electron chi connectivity index (χ1n) is 6.19. The molecule has 0 heterocycles. The molecule has 5 nitrogen and oxygen atoms in total. The standard InChI is InChI=1S/C13H17F2N3O2/c1-3-4-17-12(19)7(2)18-13(20)9-5-8(14)6-10(16)11(9)15/h5-7H,3-4,16H2,1-2H3,(H,17,19)(H,18,20). The molecule has 0 aromatic heterocycles. The number of carbonyl (C=O) groups is 2. The fraction of sp³-hybridized carbons (Fsp3) is 0.385. The molecule has 1 atom stereocenters. The lowest BCUT2D eigenvalue weighted by molar-refractivity contribution is -0.122. The molecule has 0 bridgehead atoms. The van der Waals surface area contributed by atoms with Gasteiger partial charge in [-0.1, -0.05) is 6.92 Å². The minimum atomic E-state index is -1.01. The van der Waals surface area contributed by atoms with Crippen molar-refractivity contribution in [2.45, 2.75) is 26.3 Å². The Kier molecular flexibility index (Phi) is 5.42. The van der Waals surface area contributed by atoms with Gasteiger partial charge in [0.1, 0.15) is 11.9 Å². The maximum Gasteiger partial charge on any atom is 0.255 e. The van der Waals surface area contributed by atoms with Crippen LogP contribution in [0.1, 0.15) is 30.6 Å². The van der Waals surface area contributed by atoms with Gasteiger partial charge in [-0.25, -0.2) is 8.78 Å². The lowest BCUT2D eigenvalue weighted by Gasteiger charge is -2.14. The number of hydrogen-bond donors (Lipinski definition) is 3. The summed E-state index contributed by atoms with van der Waals surface area (Å²) in [4.78, 5) is 23.4. The van der Waals surface area contributed by atoms with E-state index in [-0.39, 0.29) is 0 Å². The number of halogens is 2. The zero-order valence-electron chi connectivity index (χ0n) is 11.3. The zero-order valence-corrected chi connectivity index (χ0v) is 11.3. The molecule has 20 heavy (non-hydrogen) atoms. The van der Waals surface area contributed by atoms with Crippen molar-refractivity contribution >= 4 is 17.5 Å². The quantitative estimate of drug-likeness (QED) is 0.711. The van der Waals surface area contributed by atoms with E-state index in [1.807, 2.05) is 6.92 Å². The Labute approximate surface area is 115 Å². The lowest BCUT2D eigenvalue weighted by atomic mass is 10.1. The fourth-order valence-corrected chi connectivity index (χ4v) is 1.52. The van der Waals surface area contributed by atoms with Crippen molar-refractivity contribution in [2.75, 3.05) is 12.3 Å². The van der Waals surface area contributed by atoms with Crippen molar-refractivity contribution in [1.82, 2.24) is 10.6 Å². The molecule has 1 rings (SSSR count). The van der Waals surface area contributed by atoms with Crippen LogP contribution in [0.25, 0.3) is 0 Å². The third-order valence-corrected chi connectivity index (χ3v) is 2.60. The van der Waals surface area contributed by atoms with Crippen LogP contribution in [0.3, 0.4) is 0 Å². The van der Waals surface area contributed by atoms with Crippen molar-refractivity contribution in [2.24, 2.45) is 0 Å². The van der Waals surface area contributed by atoms with Gasteiger partial charge < -0.3 is 16.4 Å². The molecule has 1 aromatic carbocycles. The van der Waals surface area contributed by atoms with Crippen LogP contribution in [0.15, 0.2) is 12.1 Å². The maximum absolute atomic E-state index is 13.6. The summed E-state index contributed by atoms with van der Waals surface area (Å²) in [6.07, 6.45) is 0.751. The molecule has 1 aromatic rings. The maximum atomic E-state index is 13.6. The molecule has 110 valence electrons. The second-order valence-corrected chi connectivity index (χ2v) is 4.34. The fourth-order valence-electron chi connectivity index (χ4n) is 1.52. The third kappa shape index (κ3) is 3.91. The summed E-state index contributed by atoms with van der Waals surface area (Å²) >= 11 is 0. The van der Waals surface area contributed by atoms with Gasteiger partial charge in [0.15, 0.2) is 5.82 Å². The highest BCUT2D eigenvalue weighted by Gasteiger charge is 2.20. The van der Waals surface area contributed by atoms with Crippen LogP contribution in [-0.2, 0) is 4.79 Å². The van der Waals surface area contributed by atoms with Crippen molar-refractivity contribution in [3.05, 3.63) is 29.3 Å². The van der Waals surface area contributed by atoms with Gasteiger partial charge in [-0.05, 0) is 25.5 Å². The summed E-state index contributed by atoms with van der Waals surface area (Å²) in [6, 6.07) is 0.652. The molecule has 0 radical (unpaired) electrons. The molecule has 7 heteroatoms. The first-order chi connectivity index (χ1) is 9.36. The zero-order chi connectivity index (χ0) is 15.3. The Morgan fingerprint density at radius 3 is 2.60 bits per heavy atom. The Bertz CT molecular complexity index is 521. The Morgan fingerprint density at radius 1 is 1.35 bits per heavy atom. The topological polar surface area (TPSA) is 84.2 Å². The lowest BCUT2D eigenvalue weighted by Crippen LogP contribution is -2.45. The number of benzene rings is 1. The number of amides is 2. The smallest absolute Gasteiger partial charge is 0.255 e. The van der Waals surface area contributed by atoms with Crippen molar-refractivity contribution in [3.8, 4) is 0 Å². The molecule has 2 amide bonds. The average Bonchev–Trinajstić information content (AvgIpc) is 2.39. The van der Waals surface area contributed by atoms with Gasteiger partial charge in [0.05, 0.1) is 11.3 Å². The molecule has 1 unspecified atom stereocenters. The van der Waals surface area contributed by atoms with Gasteiger partial charge in [-0.15, -0.1) is 0 Å². The van der Waals surface area contributed by atoms with E-state index in [9.17, 15) is 18.4 Å². The van der Waals surface area contributed by atoms with Gasteiger partial charge in [-0.3, -0.25) is 9.59 Å². The monoisotopic (exact) mass is 285 g/mol. The SMILES string of the molecule is CCCNC(=O)C(C)NC(=O)c1cc(F)cc(N)c1F. The van der Waals surface area contributed by atoms with Crippen LogP contribution >= 0.6 is 0 Å². The molecule has 0 aliphatic carbocycles. The number of nitrogen functional groups attached to an aromatic ring is 1. The van der Waals surface area contributed by atoms with E-state index in [0.29, 0.717) is 6.54 Å². The minimum absolute atomic E-state index is 0.398. The van der Waals surface area contributed by atoms with E-state index >= 15 is 0 Å². The first kappa shape index (κ1) is 15.9. The molecule has 0 spiro atoms. The molecular formula is C13H17F2N3O2. The first-order valence-corrected chi connectivity index (χ1v) is 6.19.